The van der Waals surface area contributed by atoms with E-state index in [-0.39, 0.29) is 24.2 Å². The van der Waals surface area contributed by atoms with Crippen molar-refractivity contribution in [3.8, 4) is 5.75 Å². The summed E-state index contributed by atoms with van der Waals surface area (Å²) in [5.41, 5.74) is 6.14. The second-order valence-electron chi connectivity index (χ2n) is 7.15. The highest BCUT2D eigenvalue weighted by atomic mass is 35.5. The summed E-state index contributed by atoms with van der Waals surface area (Å²) in [7, 11) is 0. The van der Waals surface area contributed by atoms with Crippen molar-refractivity contribution in [3.63, 3.8) is 0 Å². The molecule has 0 aliphatic heterocycles. The average Bonchev–Trinajstić information content (AvgIpc) is 2.81. The molecule has 0 aliphatic rings. The second kappa shape index (κ2) is 12.7. The van der Waals surface area contributed by atoms with Gasteiger partial charge in [-0.25, -0.2) is 5.43 Å². The van der Waals surface area contributed by atoms with Crippen molar-refractivity contribution in [1.29, 1.82) is 0 Å². The zero-order valence-electron chi connectivity index (χ0n) is 18.1. The van der Waals surface area contributed by atoms with Crippen LogP contribution >= 0.6 is 23.4 Å². The molecule has 0 spiro atoms. The van der Waals surface area contributed by atoms with Gasteiger partial charge in [0.1, 0.15) is 5.75 Å². The van der Waals surface area contributed by atoms with Crippen LogP contribution in [0.2, 0.25) is 5.02 Å². The van der Waals surface area contributed by atoms with Crippen molar-refractivity contribution in [3.05, 3.63) is 94.5 Å². The maximum Gasteiger partial charge on any atom is 0.262 e. The zero-order chi connectivity index (χ0) is 23.5. The molecule has 2 N–H and O–H groups in total. The topological polar surface area (TPSA) is 79.8 Å². The Morgan fingerprint density at radius 1 is 1.00 bits per heavy atom. The van der Waals surface area contributed by atoms with Gasteiger partial charge in [-0.15, -0.1) is 11.8 Å². The van der Waals surface area contributed by atoms with Gasteiger partial charge in [0, 0.05) is 16.5 Å². The predicted octanol–water partition coefficient (Wildman–Crippen LogP) is 5.05. The SMILES string of the molecule is Cc1ccc(NC(=O)COc2ccc(/C=N\NC(=O)CSCc3ccccc3Cl)cc2)cc1. The number of hydrogen-bond donors (Lipinski definition) is 2. The molecule has 0 saturated heterocycles. The number of rotatable bonds is 10. The van der Waals surface area contributed by atoms with E-state index in [4.69, 9.17) is 16.3 Å². The summed E-state index contributed by atoms with van der Waals surface area (Å²) < 4.78 is 5.51. The van der Waals surface area contributed by atoms with E-state index in [2.05, 4.69) is 15.8 Å². The summed E-state index contributed by atoms with van der Waals surface area (Å²) in [6, 6.07) is 22.2. The van der Waals surface area contributed by atoms with E-state index >= 15 is 0 Å². The van der Waals surface area contributed by atoms with Crippen molar-refractivity contribution in [2.45, 2.75) is 12.7 Å². The summed E-state index contributed by atoms with van der Waals surface area (Å²) >= 11 is 7.57. The van der Waals surface area contributed by atoms with Crippen LogP contribution in [0.3, 0.4) is 0 Å². The number of carbonyl (C=O) groups is 2. The lowest BCUT2D eigenvalue weighted by atomic mass is 10.2. The number of aryl methyl sites for hydroxylation is 1. The number of hydrogen-bond acceptors (Lipinski definition) is 5. The van der Waals surface area contributed by atoms with Crippen LogP contribution in [-0.4, -0.2) is 30.4 Å². The number of benzene rings is 3. The van der Waals surface area contributed by atoms with Gasteiger partial charge < -0.3 is 10.1 Å². The number of halogens is 1. The minimum absolute atomic E-state index is 0.0940. The number of hydrazone groups is 1. The normalized spacial score (nSPS) is 10.7. The monoisotopic (exact) mass is 481 g/mol. The van der Waals surface area contributed by atoms with Gasteiger partial charge in [0.2, 0.25) is 5.91 Å². The maximum atomic E-state index is 12.0. The van der Waals surface area contributed by atoms with E-state index in [0.717, 1.165) is 22.4 Å². The third-order valence-corrected chi connectivity index (χ3v) is 5.79. The molecule has 6 nitrogen and oxygen atoms in total. The second-order valence-corrected chi connectivity index (χ2v) is 8.54. The van der Waals surface area contributed by atoms with Crippen molar-refractivity contribution in [2.75, 3.05) is 17.7 Å². The number of nitrogens with zero attached hydrogens (tertiary/aromatic N) is 1. The van der Waals surface area contributed by atoms with Crippen molar-refractivity contribution < 1.29 is 14.3 Å². The summed E-state index contributed by atoms with van der Waals surface area (Å²) in [6.07, 6.45) is 1.55. The van der Waals surface area contributed by atoms with Gasteiger partial charge >= 0.3 is 0 Å². The van der Waals surface area contributed by atoms with Gasteiger partial charge in [-0.3, -0.25) is 9.59 Å². The first-order chi connectivity index (χ1) is 16.0. The molecule has 33 heavy (non-hydrogen) atoms. The zero-order valence-corrected chi connectivity index (χ0v) is 19.7. The van der Waals surface area contributed by atoms with Gasteiger partial charge in [-0.2, -0.15) is 5.10 Å². The maximum absolute atomic E-state index is 12.0. The lowest BCUT2D eigenvalue weighted by Gasteiger charge is -2.08. The number of thioether (sulfide) groups is 1. The number of amides is 2. The van der Waals surface area contributed by atoms with E-state index in [1.807, 2.05) is 55.5 Å². The Bertz CT molecular complexity index is 1100. The smallest absolute Gasteiger partial charge is 0.262 e. The fourth-order valence-electron chi connectivity index (χ4n) is 2.71. The average molecular weight is 482 g/mol. The van der Waals surface area contributed by atoms with Gasteiger partial charge in [0.05, 0.1) is 12.0 Å². The highest BCUT2D eigenvalue weighted by molar-refractivity contribution is 7.99. The van der Waals surface area contributed by atoms with Gasteiger partial charge in [0.15, 0.2) is 6.61 Å². The number of nitrogens with one attached hydrogen (secondary N) is 2. The van der Waals surface area contributed by atoms with Crippen molar-refractivity contribution in [1.82, 2.24) is 5.43 Å². The molecule has 3 aromatic rings. The molecule has 3 rings (SSSR count). The molecule has 0 aromatic heterocycles. The van der Waals surface area contributed by atoms with Crippen LogP contribution in [0.1, 0.15) is 16.7 Å². The Labute approximate surface area is 202 Å². The molecule has 170 valence electrons. The lowest BCUT2D eigenvalue weighted by molar-refractivity contribution is -0.119. The molecule has 3 aromatic carbocycles. The van der Waals surface area contributed by atoms with Crippen LogP contribution in [0, 0.1) is 6.92 Å². The first kappa shape index (κ1) is 24.4. The number of carbonyl (C=O) groups excluding carboxylic acids is 2. The van der Waals surface area contributed by atoms with Crippen LogP contribution in [0.5, 0.6) is 5.75 Å². The molecule has 0 unspecified atom stereocenters. The van der Waals surface area contributed by atoms with E-state index in [0.29, 0.717) is 16.5 Å². The third kappa shape index (κ3) is 8.63. The largest absolute Gasteiger partial charge is 0.484 e. The lowest BCUT2D eigenvalue weighted by Crippen LogP contribution is -2.20. The molecule has 0 aliphatic carbocycles. The quantitative estimate of drug-likeness (QED) is 0.313. The van der Waals surface area contributed by atoms with Gasteiger partial charge in [0.25, 0.3) is 5.91 Å². The predicted molar refractivity (Wildman–Crippen MR) is 135 cm³/mol. The highest BCUT2D eigenvalue weighted by Crippen LogP contribution is 2.20. The summed E-state index contributed by atoms with van der Waals surface area (Å²) in [4.78, 5) is 23.9. The van der Waals surface area contributed by atoms with Crippen molar-refractivity contribution in [2.24, 2.45) is 5.10 Å². The first-order valence-corrected chi connectivity index (χ1v) is 11.8. The Morgan fingerprint density at radius 3 is 2.45 bits per heavy atom. The minimum Gasteiger partial charge on any atom is -0.484 e. The Balaban J connectivity index is 1.36. The molecule has 0 fully saturated rings. The molecule has 0 heterocycles. The van der Waals surface area contributed by atoms with Crippen molar-refractivity contribution >= 4 is 47.1 Å². The molecule has 0 bridgehead atoms. The highest BCUT2D eigenvalue weighted by Gasteiger charge is 2.05. The fourth-order valence-corrected chi connectivity index (χ4v) is 3.82. The van der Waals surface area contributed by atoms with Crippen LogP contribution < -0.4 is 15.5 Å². The van der Waals surface area contributed by atoms with Crippen LogP contribution in [0.4, 0.5) is 5.69 Å². The molecule has 2 amide bonds. The van der Waals surface area contributed by atoms with E-state index in [1.54, 1.807) is 30.5 Å². The summed E-state index contributed by atoms with van der Waals surface area (Å²) in [5.74, 6) is 1.06. The van der Waals surface area contributed by atoms with E-state index < -0.39 is 0 Å². The Morgan fingerprint density at radius 2 is 1.73 bits per heavy atom. The van der Waals surface area contributed by atoms with Gasteiger partial charge in [-0.05, 0) is 60.5 Å². The van der Waals surface area contributed by atoms with Crippen LogP contribution in [-0.2, 0) is 15.3 Å². The van der Waals surface area contributed by atoms with E-state index in [9.17, 15) is 9.59 Å². The third-order valence-electron chi connectivity index (χ3n) is 4.44. The van der Waals surface area contributed by atoms with Crippen LogP contribution in [0.25, 0.3) is 0 Å². The Kier molecular flexibility index (Phi) is 9.35. The standard InChI is InChI=1S/C25H24ClN3O3S/c1-18-6-10-21(11-7-18)28-24(30)15-32-22-12-8-19(9-13-22)14-27-29-25(31)17-33-16-20-4-2-3-5-23(20)26/h2-14H,15-17H2,1H3,(H,28,30)(H,29,31)/b27-14-. The first-order valence-electron chi connectivity index (χ1n) is 10.2. The molecular formula is C25H24ClN3O3S. The molecule has 0 atom stereocenters. The molecule has 8 heteroatoms. The Hall–Kier alpha value is -3.29. The van der Waals surface area contributed by atoms with Crippen LogP contribution in [0.15, 0.2) is 77.9 Å². The summed E-state index contributed by atoms with van der Waals surface area (Å²) in [6.45, 7) is 1.89. The number of anilines is 1. The van der Waals surface area contributed by atoms with Gasteiger partial charge in [-0.1, -0.05) is 47.5 Å². The summed E-state index contributed by atoms with van der Waals surface area (Å²) in [5, 5.41) is 7.45. The fraction of sp³-hybridized carbons (Fsp3) is 0.160. The minimum atomic E-state index is -0.236. The molecule has 0 radical (unpaired) electrons. The van der Waals surface area contributed by atoms with E-state index in [1.165, 1.54) is 11.8 Å². The molecular weight excluding hydrogens is 458 g/mol. The molecule has 0 saturated carbocycles. The number of ether oxygens (including phenoxy) is 1.